The Morgan fingerprint density at radius 3 is 2.45 bits per heavy atom. The number of alkyl halides is 2. The first-order chi connectivity index (χ1) is 5.08. The Hall–Kier alpha value is -0.180. The minimum atomic E-state index is -2.14. The Bertz CT molecular complexity index is 130. The molecule has 0 aromatic heterocycles. The smallest absolute Gasteiger partial charge is 0.243 e. The third kappa shape index (κ3) is 1.70. The van der Waals surface area contributed by atoms with Gasteiger partial charge in [-0.1, -0.05) is 6.92 Å². The summed E-state index contributed by atoms with van der Waals surface area (Å²) in [6.07, 6.45) is -0.799. The second-order valence-corrected chi connectivity index (χ2v) is 3.79. The lowest BCUT2D eigenvalue weighted by Crippen LogP contribution is -2.43. The lowest BCUT2D eigenvalue weighted by molar-refractivity contribution is -0.0775. The number of rotatable bonds is 3. The van der Waals surface area contributed by atoms with Gasteiger partial charge in [0.25, 0.3) is 0 Å². The molecule has 0 atom stereocenters. The Morgan fingerprint density at radius 1 is 1.55 bits per heavy atom. The highest BCUT2D eigenvalue weighted by atomic mass is 19.3. The van der Waals surface area contributed by atoms with E-state index in [1.54, 1.807) is 6.92 Å². The largest absolute Gasteiger partial charge is 0.319 e. The van der Waals surface area contributed by atoms with Crippen molar-refractivity contribution in [2.24, 2.45) is 11.3 Å². The summed E-state index contributed by atoms with van der Waals surface area (Å²) in [5.74, 6) is 0.471. The summed E-state index contributed by atoms with van der Waals surface area (Å²) in [7, 11) is 1.86. The molecule has 1 fully saturated rings. The zero-order valence-corrected chi connectivity index (χ0v) is 7.03. The van der Waals surface area contributed by atoms with E-state index in [4.69, 9.17) is 0 Å². The SMILES string of the molecule is CNCC1CC(C)(C(F)F)C1. The number of hydrogen-bond acceptors (Lipinski definition) is 1. The van der Waals surface area contributed by atoms with E-state index >= 15 is 0 Å². The van der Waals surface area contributed by atoms with E-state index < -0.39 is 11.8 Å². The number of nitrogens with one attached hydrogen (secondary N) is 1. The van der Waals surface area contributed by atoms with Gasteiger partial charge in [-0.05, 0) is 32.4 Å². The minimum absolute atomic E-state index is 0.471. The van der Waals surface area contributed by atoms with E-state index in [9.17, 15) is 8.78 Å². The van der Waals surface area contributed by atoms with Crippen molar-refractivity contribution in [3.8, 4) is 0 Å². The van der Waals surface area contributed by atoms with Gasteiger partial charge in [0, 0.05) is 5.41 Å². The first-order valence-electron chi connectivity index (χ1n) is 4.01. The van der Waals surface area contributed by atoms with E-state index in [1.807, 2.05) is 7.05 Å². The maximum Gasteiger partial charge on any atom is 0.243 e. The van der Waals surface area contributed by atoms with Crippen molar-refractivity contribution in [3.05, 3.63) is 0 Å². The molecule has 1 N–H and O–H groups in total. The quantitative estimate of drug-likeness (QED) is 0.670. The molecule has 0 unspecified atom stereocenters. The van der Waals surface area contributed by atoms with Crippen molar-refractivity contribution in [1.29, 1.82) is 0 Å². The fourth-order valence-corrected chi connectivity index (χ4v) is 1.87. The van der Waals surface area contributed by atoms with Crippen LogP contribution in [0, 0.1) is 11.3 Å². The summed E-state index contributed by atoms with van der Waals surface area (Å²) in [5, 5.41) is 3.00. The van der Waals surface area contributed by atoms with Gasteiger partial charge in [0.1, 0.15) is 0 Å². The molecule has 0 heterocycles. The monoisotopic (exact) mass is 163 g/mol. The highest BCUT2D eigenvalue weighted by Gasteiger charge is 2.46. The van der Waals surface area contributed by atoms with Crippen LogP contribution in [0.1, 0.15) is 19.8 Å². The van der Waals surface area contributed by atoms with Crippen LogP contribution in [0.4, 0.5) is 8.78 Å². The van der Waals surface area contributed by atoms with Crippen LogP contribution in [0.2, 0.25) is 0 Å². The second-order valence-electron chi connectivity index (χ2n) is 3.79. The molecule has 0 radical (unpaired) electrons. The molecule has 66 valence electrons. The Kier molecular flexibility index (Phi) is 2.47. The summed E-state index contributed by atoms with van der Waals surface area (Å²) in [6.45, 7) is 2.55. The Balaban J connectivity index is 2.26. The third-order valence-corrected chi connectivity index (χ3v) is 2.53. The lowest BCUT2D eigenvalue weighted by Gasteiger charge is -2.44. The van der Waals surface area contributed by atoms with E-state index in [0.717, 1.165) is 6.54 Å². The predicted molar refractivity (Wildman–Crippen MR) is 40.8 cm³/mol. The molecule has 0 saturated heterocycles. The van der Waals surface area contributed by atoms with E-state index in [0.29, 0.717) is 18.8 Å². The third-order valence-electron chi connectivity index (χ3n) is 2.53. The first kappa shape index (κ1) is 8.91. The maximum atomic E-state index is 12.3. The van der Waals surface area contributed by atoms with Crippen LogP contribution in [-0.4, -0.2) is 20.0 Å². The van der Waals surface area contributed by atoms with Gasteiger partial charge in [-0.2, -0.15) is 0 Å². The molecule has 0 amide bonds. The Morgan fingerprint density at radius 2 is 2.09 bits per heavy atom. The maximum absolute atomic E-state index is 12.3. The molecule has 1 aliphatic carbocycles. The average molecular weight is 163 g/mol. The van der Waals surface area contributed by atoms with Gasteiger partial charge in [-0.25, -0.2) is 8.78 Å². The molecular formula is C8H15F2N. The zero-order valence-electron chi connectivity index (χ0n) is 7.03. The fraction of sp³-hybridized carbons (Fsp3) is 1.00. The van der Waals surface area contributed by atoms with Crippen LogP contribution in [0.3, 0.4) is 0 Å². The van der Waals surface area contributed by atoms with Crippen molar-refractivity contribution >= 4 is 0 Å². The van der Waals surface area contributed by atoms with Gasteiger partial charge in [0.2, 0.25) is 6.43 Å². The summed E-state index contributed by atoms with van der Waals surface area (Å²) in [6, 6.07) is 0. The molecule has 0 aliphatic heterocycles. The van der Waals surface area contributed by atoms with Crippen LogP contribution < -0.4 is 5.32 Å². The summed E-state index contributed by atoms with van der Waals surface area (Å²) in [5.41, 5.74) is -0.679. The average Bonchev–Trinajstić information content (AvgIpc) is 1.84. The fourth-order valence-electron chi connectivity index (χ4n) is 1.87. The number of hydrogen-bond donors (Lipinski definition) is 1. The van der Waals surface area contributed by atoms with Gasteiger partial charge >= 0.3 is 0 Å². The Labute approximate surface area is 66.2 Å². The zero-order chi connectivity index (χ0) is 8.48. The molecule has 3 heteroatoms. The van der Waals surface area contributed by atoms with Gasteiger partial charge < -0.3 is 5.32 Å². The molecule has 1 nitrogen and oxygen atoms in total. The predicted octanol–water partition coefficient (Wildman–Crippen LogP) is 1.89. The molecular weight excluding hydrogens is 148 g/mol. The molecule has 0 aromatic carbocycles. The van der Waals surface area contributed by atoms with Crippen molar-refractivity contribution < 1.29 is 8.78 Å². The number of halogens is 2. The molecule has 1 rings (SSSR count). The van der Waals surface area contributed by atoms with Crippen molar-refractivity contribution in [1.82, 2.24) is 5.32 Å². The molecule has 1 aliphatic rings. The van der Waals surface area contributed by atoms with Crippen LogP contribution in [0.25, 0.3) is 0 Å². The van der Waals surface area contributed by atoms with Gasteiger partial charge in [-0.3, -0.25) is 0 Å². The standard InChI is InChI=1S/C8H15F2N/c1-8(7(9)10)3-6(4-8)5-11-2/h6-7,11H,3-5H2,1-2H3. The van der Waals surface area contributed by atoms with Crippen LogP contribution >= 0.6 is 0 Å². The molecule has 1 saturated carbocycles. The van der Waals surface area contributed by atoms with Gasteiger partial charge in [0.15, 0.2) is 0 Å². The highest BCUT2D eigenvalue weighted by molar-refractivity contribution is 4.92. The highest BCUT2D eigenvalue weighted by Crippen LogP contribution is 2.49. The van der Waals surface area contributed by atoms with Gasteiger partial charge in [-0.15, -0.1) is 0 Å². The molecule has 0 aromatic rings. The molecule has 0 bridgehead atoms. The van der Waals surface area contributed by atoms with Crippen LogP contribution in [0.5, 0.6) is 0 Å². The van der Waals surface area contributed by atoms with E-state index in [1.165, 1.54) is 0 Å². The lowest BCUT2D eigenvalue weighted by atomic mass is 9.63. The van der Waals surface area contributed by atoms with Crippen LogP contribution in [-0.2, 0) is 0 Å². The van der Waals surface area contributed by atoms with Crippen molar-refractivity contribution in [3.63, 3.8) is 0 Å². The van der Waals surface area contributed by atoms with Crippen LogP contribution in [0.15, 0.2) is 0 Å². The minimum Gasteiger partial charge on any atom is -0.319 e. The molecule has 0 spiro atoms. The topological polar surface area (TPSA) is 12.0 Å². The second kappa shape index (κ2) is 3.05. The van der Waals surface area contributed by atoms with E-state index in [2.05, 4.69) is 5.32 Å². The van der Waals surface area contributed by atoms with E-state index in [-0.39, 0.29) is 0 Å². The first-order valence-corrected chi connectivity index (χ1v) is 4.01. The van der Waals surface area contributed by atoms with Crippen molar-refractivity contribution in [2.75, 3.05) is 13.6 Å². The summed E-state index contributed by atoms with van der Waals surface area (Å²) < 4.78 is 24.5. The molecule has 11 heavy (non-hydrogen) atoms. The van der Waals surface area contributed by atoms with Gasteiger partial charge in [0.05, 0.1) is 0 Å². The summed E-state index contributed by atoms with van der Waals surface area (Å²) in [4.78, 5) is 0. The summed E-state index contributed by atoms with van der Waals surface area (Å²) >= 11 is 0. The van der Waals surface area contributed by atoms with Crippen molar-refractivity contribution in [2.45, 2.75) is 26.2 Å². The normalized spacial score (nSPS) is 37.4.